The first kappa shape index (κ1) is 14.1. The lowest BCUT2D eigenvalue weighted by Crippen LogP contribution is -2.41. The SMILES string of the molecule is C#CCC(N)C(=O)N(C)Cc1ccc(F)c(F)c1. The van der Waals surface area contributed by atoms with Crippen molar-refractivity contribution in [2.24, 2.45) is 5.73 Å². The average molecular weight is 252 g/mol. The van der Waals surface area contributed by atoms with Crippen LogP contribution in [-0.2, 0) is 11.3 Å². The van der Waals surface area contributed by atoms with Crippen LogP contribution in [0.25, 0.3) is 0 Å². The van der Waals surface area contributed by atoms with E-state index in [1.54, 1.807) is 0 Å². The van der Waals surface area contributed by atoms with Crippen molar-refractivity contribution in [2.45, 2.75) is 19.0 Å². The molecule has 1 atom stereocenters. The second kappa shape index (κ2) is 6.12. The number of carbonyl (C=O) groups is 1. The summed E-state index contributed by atoms with van der Waals surface area (Å²) in [5.41, 5.74) is 6.05. The molecule has 0 saturated heterocycles. The minimum absolute atomic E-state index is 0.140. The number of terminal acetylenes is 1. The van der Waals surface area contributed by atoms with E-state index in [9.17, 15) is 13.6 Å². The van der Waals surface area contributed by atoms with Crippen LogP contribution in [0, 0.1) is 24.0 Å². The van der Waals surface area contributed by atoms with E-state index in [4.69, 9.17) is 12.2 Å². The van der Waals surface area contributed by atoms with Crippen LogP contribution in [0.3, 0.4) is 0 Å². The molecule has 0 aliphatic rings. The Morgan fingerprint density at radius 2 is 2.17 bits per heavy atom. The predicted octanol–water partition coefficient (Wildman–Crippen LogP) is 1.27. The van der Waals surface area contributed by atoms with Crippen LogP contribution >= 0.6 is 0 Å². The highest BCUT2D eigenvalue weighted by atomic mass is 19.2. The lowest BCUT2D eigenvalue weighted by molar-refractivity contribution is -0.131. The maximum atomic E-state index is 13.0. The van der Waals surface area contributed by atoms with Crippen molar-refractivity contribution in [3.63, 3.8) is 0 Å². The van der Waals surface area contributed by atoms with E-state index in [1.807, 2.05) is 0 Å². The number of halogens is 2. The summed E-state index contributed by atoms with van der Waals surface area (Å²) < 4.78 is 25.7. The van der Waals surface area contributed by atoms with Crippen LogP contribution in [0.5, 0.6) is 0 Å². The Kier molecular flexibility index (Phi) is 4.81. The summed E-state index contributed by atoms with van der Waals surface area (Å²) in [6.45, 7) is 0.147. The van der Waals surface area contributed by atoms with Gasteiger partial charge in [0.2, 0.25) is 5.91 Å². The fraction of sp³-hybridized carbons (Fsp3) is 0.308. The van der Waals surface area contributed by atoms with Crippen LogP contribution < -0.4 is 5.73 Å². The van der Waals surface area contributed by atoms with Gasteiger partial charge in [-0.25, -0.2) is 8.78 Å². The van der Waals surface area contributed by atoms with Crippen LogP contribution in [0.2, 0.25) is 0 Å². The summed E-state index contributed by atoms with van der Waals surface area (Å²) in [6.07, 6.45) is 5.20. The Hall–Kier alpha value is -1.93. The van der Waals surface area contributed by atoms with Crippen molar-refractivity contribution in [2.75, 3.05) is 7.05 Å². The second-order valence-corrected chi connectivity index (χ2v) is 3.96. The number of hydrogen-bond acceptors (Lipinski definition) is 2. The molecule has 0 spiro atoms. The minimum Gasteiger partial charge on any atom is -0.340 e. The van der Waals surface area contributed by atoms with Crippen LogP contribution in [0.1, 0.15) is 12.0 Å². The summed E-state index contributed by atoms with van der Waals surface area (Å²) >= 11 is 0. The molecule has 3 nitrogen and oxygen atoms in total. The van der Waals surface area contributed by atoms with Gasteiger partial charge in [0.15, 0.2) is 11.6 Å². The molecule has 1 unspecified atom stereocenters. The molecule has 2 N–H and O–H groups in total. The van der Waals surface area contributed by atoms with Crippen molar-refractivity contribution in [1.29, 1.82) is 0 Å². The van der Waals surface area contributed by atoms with Gasteiger partial charge < -0.3 is 10.6 Å². The molecule has 0 aliphatic heterocycles. The third-order valence-electron chi connectivity index (χ3n) is 2.43. The van der Waals surface area contributed by atoms with Gasteiger partial charge in [-0.05, 0) is 17.7 Å². The molecule has 96 valence electrons. The van der Waals surface area contributed by atoms with E-state index in [0.717, 1.165) is 12.1 Å². The molecular weight excluding hydrogens is 238 g/mol. The Labute approximate surface area is 105 Å². The number of nitrogens with two attached hydrogens (primary N) is 1. The van der Waals surface area contributed by atoms with Gasteiger partial charge in [-0.1, -0.05) is 6.07 Å². The lowest BCUT2D eigenvalue weighted by atomic mass is 10.1. The quantitative estimate of drug-likeness (QED) is 0.820. The van der Waals surface area contributed by atoms with Gasteiger partial charge in [0.05, 0.1) is 6.04 Å². The molecule has 1 amide bonds. The molecule has 18 heavy (non-hydrogen) atoms. The molecule has 1 aromatic rings. The fourth-order valence-corrected chi connectivity index (χ4v) is 1.49. The van der Waals surface area contributed by atoms with Crippen molar-refractivity contribution < 1.29 is 13.6 Å². The maximum Gasteiger partial charge on any atom is 0.240 e. The number of nitrogens with zero attached hydrogens (tertiary/aromatic N) is 1. The zero-order chi connectivity index (χ0) is 13.7. The Balaban J connectivity index is 2.69. The summed E-state index contributed by atoms with van der Waals surface area (Å²) in [6, 6.07) is 2.70. The first-order chi connectivity index (χ1) is 8.45. The molecule has 0 bridgehead atoms. The highest BCUT2D eigenvalue weighted by Gasteiger charge is 2.17. The topological polar surface area (TPSA) is 46.3 Å². The Morgan fingerprint density at radius 3 is 2.72 bits per heavy atom. The van der Waals surface area contributed by atoms with Gasteiger partial charge in [-0.3, -0.25) is 4.79 Å². The molecular formula is C13H14F2N2O. The average Bonchev–Trinajstić information content (AvgIpc) is 2.33. The molecule has 0 aromatic heterocycles. The maximum absolute atomic E-state index is 13.0. The van der Waals surface area contributed by atoms with Crippen LogP contribution in [0.15, 0.2) is 18.2 Å². The van der Waals surface area contributed by atoms with Gasteiger partial charge in [0.1, 0.15) is 0 Å². The van der Waals surface area contributed by atoms with Crippen molar-refractivity contribution in [3.05, 3.63) is 35.4 Å². The van der Waals surface area contributed by atoms with E-state index >= 15 is 0 Å². The minimum atomic E-state index is -0.943. The lowest BCUT2D eigenvalue weighted by Gasteiger charge is -2.20. The largest absolute Gasteiger partial charge is 0.340 e. The predicted molar refractivity (Wildman–Crippen MR) is 64.3 cm³/mol. The number of rotatable bonds is 4. The Bertz CT molecular complexity index is 482. The number of likely N-dealkylation sites (N-methyl/N-ethyl adjacent to an activating group) is 1. The van der Waals surface area contributed by atoms with E-state index in [0.29, 0.717) is 5.56 Å². The van der Waals surface area contributed by atoms with Gasteiger partial charge >= 0.3 is 0 Å². The highest BCUT2D eigenvalue weighted by molar-refractivity contribution is 5.81. The van der Waals surface area contributed by atoms with Gasteiger partial charge in [-0.2, -0.15) is 0 Å². The van der Waals surface area contributed by atoms with Crippen molar-refractivity contribution >= 4 is 5.91 Å². The normalized spacial score (nSPS) is 11.7. The standard InChI is InChI=1S/C13H14F2N2O/c1-3-4-12(16)13(18)17(2)8-9-5-6-10(14)11(15)7-9/h1,5-7,12H,4,8,16H2,2H3. The summed E-state index contributed by atoms with van der Waals surface area (Å²) in [7, 11) is 1.53. The fourth-order valence-electron chi connectivity index (χ4n) is 1.49. The van der Waals surface area contributed by atoms with Gasteiger partial charge in [0, 0.05) is 20.0 Å². The third kappa shape index (κ3) is 3.54. The van der Waals surface area contributed by atoms with Crippen LogP contribution in [0.4, 0.5) is 8.78 Å². The summed E-state index contributed by atoms with van der Waals surface area (Å²) in [4.78, 5) is 13.1. The first-order valence-electron chi connectivity index (χ1n) is 5.33. The van der Waals surface area contributed by atoms with Gasteiger partial charge in [0.25, 0.3) is 0 Å². The Morgan fingerprint density at radius 1 is 1.50 bits per heavy atom. The summed E-state index contributed by atoms with van der Waals surface area (Å²) in [5, 5.41) is 0. The van der Waals surface area contributed by atoms with Crippen molar-refractivity contribution in [1.82, 2.24) is 4.90 Å². The second-order valence-electron chi connectivity index (χ2n) is 3.96. The molecule has 0 aliphatic carbocycles. The third-order valence-corrected chi connectivity index (χ3v) is 2.43. The zero-order valence-corrected chi connectivity index (χ0v) is 9.99. The number of amides is 1. The van der Waals surface area contributed by atoms with Gasteiger partial charge in [-0.15, -0.1) is 12.3 Å². The molecule has 1 rings (SSSR count). The molecule has 0 saturated carbocycles. The summed E-state index contributed by atoms with van der Waals surface area (Å²) in [5.74, 6) is 0.103. The molecule has 1 aromatic carbocycles. The molecule has 5 heteroatoms. The highest BCUT2D eigenvalue weighted by Crippen LogP contribution is 2.11. The van der Waals surface area contributed by atoms with Crippen molar-refractivity contribution in [3.8, 4) is 12.3 Å². The van der Waals surface area contributed by atoms with Crippen LogP contribution in [-0.4, -0.2) is 23.9 Å². The number of hydrogen-bond donors (Lipinski definition) is 1. The monoisotopic (exact) mass is 252 g/mol. The smallest absolute Gasteiger partial charge is 0.240 e. The zero-order valence-electron chi connectivity index (χ0n) is 9.99. The van der Waals surface area contributed by atoms with E-state index in [1.165, 1.54) is 18.0 Å². The first-order valence-corrected chi connectivity index (χ1v) is 5.33. The molecule has 0 radical (unpaired) electrons. The van der Waals surface area contributed by atoms with E-state index in [2.05, 4.69) is 5.92 Å². The van der Waals surface area contributed by atoms with E-state index < -0.39 is 17.7 Å². The molecule has 0 heterocycles. The molecule has 0 fully saturated rings. The number of carbonyl (C=O) groups excluding carboxylic acids is 1. The van der Waals surface area contributed by atoms with E-state index in [-0.39, 0.29) is 18.9 Å². The number of benzene rings is 1.